The van der Waals surface area contributed by atoms with Crippen molar-refractivity contribution < 1.29 is 0 Å². The highest BCUT2D eigenvalue weighted by molar-refractivity contribution is 7.05. The van der Waals surface area contributed by atoms with Gasteiger partial charge >= 0.3 is 0 Å². The number of aryl methyl sites for hydroxylation is 2. The van der Waals surface area contributed by atoms with Gasteiger partial charge in [0.2, 0.25) is 0 Å². The smallest absolute Gasteiger partial charge is 0.0803 e. The molecule has 1 aromatic carbocycles. The van der Waals surface area contributed by atoms with Gasteiger partial charge in [-0.25, -0.2) is 0 Å². The lowest BCUT2D eigenvalue weighted by Gasteiger charge is -2.18. The van der Waals surface area contributed by atoms with Gasteiger partial charge in [0.15, 0.2) is 0 Å². The Morgan fingerprint density at radius 2 is 2.05 bits per heavy atom. The van der Waals surface area contributed by atoms with Gasteiger partial charge < -0.3 is 5.32 Å². The third kappa shape index (κ3) is 3.64. The summed E-state index contributed by atoms with van der Waals surface area (Å²) in [6.07, 6.45) is 3.13. The van der Waals surface area contributed by atoms with E-state index in [1.54, 1.807) is 0 Å². The Kier molecular flexibility index (Phi) is 5.68. The van der Waals surface area contributed by atoms with Crippen molar-refractivity contribution in [3.8, 4) is 0 Å². The van der Waals surface area contributed by atoms with Crippen LogP contribution in [0.3, 0.4) is 0 Å². The largest absolute Gasteiger partial charge is 0.309 e. The molecule has 1 atom stereocenters. The van der Waals surface area contributed by atoms with Crippen molar-refractivity contribution in [2.45, 2.75) is 46.1 Å². The van der Waals surface area contributed by atoms with E-state index in [0.717, 1.165) is 31.5 Å². The summed E-state index contributed by atoms with van der Waals surface area (Å²) in [5.41, 5.74) is 3.91. The van der Waals surface area contributed by atoms with Gasteiger partial charge in [-0.3, -0.25) is 0 Å². The average molecular weight is 289 g/mol. The van der Waals surface area contributed by atoms with E-state index in [-0.39, 0.29) is 0 Å². The number of hydrogen-bond acceptors (Lipinski definition) is 4. The highest BCUT2D eigenvalue weighted by Crippen LogP contribution is 2.26. The minimum absolute atomic E-state index is 0.322. The van der Waals surface area contributed by atoms with Crippen LogP contribution < -0.4 is 5.32 Å². The molecule has 0 amide bonds. The van der Waals surface area contributed by atoms with E-state index in [2.05, 4.69) is 59.9 Å². The number of hydrogen-bond donors (Lipinski definition) is 1. The standard InChI is InChI=1S/C16H23N3S/c1-4-8-14-16(20-19-18-14)15(17-5-2)11-13-10-7-6-9-12(13)3/h6-7,9-10,15,17H,4-5,8,11H2,1-3H3. The van der Waals surface area contributed by atoms with Gasteiger partial charge in [-0.15, -0.1) is 5.10 Å². The van der Waals surface area contributed by atoms with Crippen LogP contribution in [0.25, 0.3) is 0 Å². The van der Waals surface area contributed by atoms with Crippen LogP contribution in [0.4, 0.5) is 0 Å². The van der Waals surface area contributed by atoms with Crippen LogP contribution >= 0.6 is 11.5 Å². The summed E-state index contributed by atoms with van der Waals surface area (Å²) in [5, 5.41) is 7.89. The van der Waals surface area contributed by atoms with Crippen LogP contribution in [0.5, 0.6) is 0 Å². The summed E-state index contributed by atoms with van der Waals surface area (Å²) in [4.78, 5) is 1.30. The molecule has 2 rings (SSSR count). The predicted octanol–water partition coefficient (Wildman–Crippen LogP) is 3.69. The number of nitrogens with zero attached hydrogens (tertiary/aromatic N) is 2. The summed E-state index contributed by atoms with van der Waals surface area (Å²) in [7, 11) is 0. The fourth-order valence-corrected chi connectivity index (χ4v) is 3.22. The van der Waals surface area contributed by atoms with Crippen molar-refractivity contribution in [2.75, 3.05) is 6.54 Å². The molecule has 2 aromatic rings. The van der Waals surface area contributed by atoms with E-state index in [4.69, 9.17) is 0 Å². The summed E-state index contributed by atoms with van der Waals surface area (Å²) < 4.78 is 4.16. The van der Waals surface area contributed by atoms with Crippen molar-refractivity contribution in [1.29, 1.82) is 0 Å². The zero-order valence-electron chi connectivity index (χ0n) is 12.5. The van der Waals surface area contributed by atoms with E-state index < -0.39 is 0 Å². The highest BCUT2D eigenvalue weighted by Gasteiger charge is 2.19. The number of nitrogens with one attached hydrogen (secondary N) is 1. The lowest BCUT2D eigenvalue weighted by molar-refractivity contribution is 0.551. The topological polar surface area (TPSA) is 37.8 Å². The second-order valence-corrected chi connectivity index (χ2v) is 5.86. The van der Waals surface area contributed by atoms with E-state index >= 15 is 0 Å². The Labute approximate surface area is 125 Å². The Balaban J connectivity index is 2.22. The maximum Gasteiger partial charge on any atom is 0.0803 e. The van der Waals surface area contributed by atoms with E-state index in [1.807, 2.05) is 0 Å². The molecular weight excluding hydrogens is 266 g/mol. The number of benzene rings is 1. The number of rotatable bonds is 7. The van der Waals surface area contributed by atoms with E-state index in [9.17, 15) is 0 Å². The van der Waals surface area contributed by atoms with Gasteiger partial charge in [-0.05, 0) is 49.0 Å². The minimum atomic E-state index is 0.322. The van der Waals surface area contributed by atoms with Crippen LogP contribution in [0, 0.1) is 6.92 Å². The molecule has 108 valence electrons. The maximum atomic E-state index is 4.30. The van der Waals surface area contributed by atoms with Gasteiger partial charge in [0.25, 0.3) is 0 Å². The third-order valence-corrected chi connectivity index (χ3v) is 4.40. The molecule has 0 aliphatic heterocycles. The Morgan fingerprint density at radius 1 is 1.25 bits per heavy atom. The molecule has 0 fully saturated rings. The van der Waals surface area contributed by atoms with Crippen LogP contribution in [-0.2, 0) is 12.8 Å². The first kappa shape index (κ1) is 15.1. The van der Waals surface area contributed by atoms with Gasteiger partial charge in [-0.2, -0.15) is 0 Å². The molecular formula is C16H23N3S. The summed E-state index contributed by atoms with van der Waals surface area (Å²) >= 11 is 1.54. The predicted molar refractivity (Wildman–Crippen MR) is 85.2 cm³/mol. The summed E-state index contributed by atoms with van der Waals surface area (Å²) in [6, 6.07) is 8.92. The normalized spacial score (nSPS) is 12.6. The highest BCUT2D eigenvalue weighted by atomic mass is 32.1. The van der Waals surface area contributed by atoms with Gasteiger partial charge in [0, 0.05) is 6.04 Å². The van der Waals surface area contributed by atoms with Crippen molar-refractivity contribution in [3.63, 3.8) is 0 Å². The van der Waals surface area contributed by atoms with E-state index in [1.165, 1.54) is 27.5 Å². The van der Waals surface area contributed by atoms with Crippen LogP contribution in [0.2, 0.25) is 0 Å². The summed E-state index contributed by atoms with van der Waals surface area (Å²) in [6.45, 7) is 7.47. The van der Waals surface area contributed by atoms with Crippen molar-refractivity contribution >= 4 is 11.5 Å². The molecule has 20 heavy (non-hydrogen) atoms. The van der Waals surface area contributed by atoms with Crippen molar-refractivity contribution in [3.05, 3.63) is 46.0 Å². The van der Waals surface area contributed by atoms with Crippen molar-refractivity contribution in [2.24, 2.45) is 0 Å². The second kappa shape index (κ2) is 7.50. The molecule has 0 saturated carbocycles. The molecule has 1 heterocycles. The molecule has 1 N–H and O–H groups in total. The van der Waals surface area contributed by atoms with Gasteiger partial charge in [0.05, 0.1) is 10.6 Å². The number of aromatic nitrogens is 2. The average Bonchev–Trinajstić information content (AvgIpc) is 2.89. The first-order valence-electron chi connectivity index (χ1n) is 7.35. The fourth-order valence-electron chi connectivity index (χ4n) is 2.45. The zero-order chi connectivity index (χ0) is 14.4. The molecule has 0 radical (unpaired) electrons. The summed E-state index contributed by atoms with van der Waals surface area (Å²) in [5.74, 6) is 0. The molecule has 1 unspecified atom stereocenters. The Hall–Kier alpha value is -1.26. The Bertz CT molecular complexity index is 536. The maximum absolute atomic E-state index is 4.30. The van der Waals surface area contributed by atoms with Crippen LogP contribution in [0.1, 0.15) is 48.0 Å². The SMILES string of the molecule is CCCc1nnsc1C(Cc1ccccc1C)NCC. The fraction of sp³-hybridized carbons (Fsp3) is 0.500. The van der Waals surface area contributed by atoms with Crippen molar-refractivity contribution in [1.82, 2.24) is 14.9 Å². The quantitative estimate of drug-likeness (QED) is 0.844. The first-order chi connectivity index (χ1) is 9.76. The molecule has 0 saturated heterocycles. The van der Waals surface area contributed by atoms with Crippen LogP contribution in [-0.4, -0.2) is 16.1 Å². The van der Waals surface area contributed by atoms with E-state index in [0.29, 0.717) is 6.04 Å². The Morgan fingerprint density at radius 3 is 2.75 bits per heavy atom. The lowest BCUT2D eigenvalue weighted by Crippen LogP contribution is -2.23. The monoisotopic (exact) mass is 289 g/mol. The molecule has 0 bridgehead atoms. The van der Waals surface area contributed by atoms with Crippen LogP contribution in [0.15, 0.2) is 24.3 Å². The molecule has 3 nitrogen and oxygen atoms in total. The third-order valence-electron chi connectivity index (χ3n) is 3.52. The molecule has 1 aromatic heterocycles. The van der Waals surface area contributed by atoms with Gasteiger partial charge in [-0.1, -0.05) is 49.0 Å². The lowest BCUT2D eigenvalue weighted by atomic mass is 9.99. The zero-order valence-corrected chi connectivity index (χ0v) is 13.3. The van der Waals surface area contributed by atoms with Gasteiger partial charge in [0.1, 0.15) is 0 Å². The molecule has 0 aliphatic carbocycles. The molecule has 0 spiro atoms. The second-order valence-electron chi connectivity index (χ2n) is 5.07. The number of likely N-dealkylation sites (N-methyl/N-ethyl adjacent to an activating group) is 1. The molecule has 4 heteroatoms. The first-order valence-corrected chi connectivity index (χ1v) is 8.12. The molecule has 0 aliphatic rings. The minimum Gasteiger partial charge on any atom is -0.309 e.